The largest absolute Gasteiger partial charge is 0.357 e. The first-order chi connectivity index (χ1) is 8.74. The van der Waals surface area contributed by atoms with Crippen molar-refractivity contribution in [2.24, 2.45) is 4.99 Å². The molecule has 0 atom stereocenters. The van der Waals surface area contributed by atoms with Crippen LogP contribution >= 0.6 is 11.8 Å². The zero-order chi connectivity index (χ0) is 14.9. The van der Waals surface area contributed by atoms with Gasteiger partial charge in [-0.1, -0.05) is 0 Å². The van der Waals surface area contributed by atoms with E-state index in [0.29, 0.717) is 12.5 Å². The molecule has 19 heavy (non-hydrogen) atoms. The second-order valence-corrected chi connectivity index (χ2v) is 8.96. The van der Waals surface area contributed by atoms with Crippen LogP contribution in [0.5, 0.6) is 0 Å². The molecule has 2 N–H and O–H groups in total. The van der Waals surface area contributed by atoms with Crippen molar-refractivity contribution in [3.8, 4) is 0 Å². The summed E-state index contributed by atoms with van der Waals surface area (Å²) < 4.78 is 23.2. The SMILES string of the molecule is CCNC(=NCCSC)NCCS(=O)(=O)C(C)(C)C. The zero-order valence-electron chi connectivity index (χ0n) is 12.6. The van der Waals surface area contributed by atoms with E-state index in [1.54, 1.807) is 32.5 Å². The molecule has 0 saturated carbocycles. The van der Waals surface area contributed by atoms with E-state index < -0.39 is 14.6 Å². The third-order valence-corrected chi connectivity index (χ3v) is 5.70. The van der Waals surface area contributed by atoms with Crippen molar-refractivity contribution in [1.29, 1.82) is 0 Å². The van der Waals surface area contributed by atoms with E-state index in [2.05, 4.69) is 15.6 Å². The van der Waals surface area contributed by atoms with E-state index in [1.165, 1.54) is 0 Å². The maximum Gasteiger partial charge on any atom is 0.191 e. The summed E-state index contributed by atoms with van der Waals surface area (Å²) in [6.07, 6.45) is 2.03. The van der Waals surface area contributed by atoms with Gasteiger partial charge in [0.2, 0.25) is 0 Å². The molecule has 0 bridgehead atoms. The summed E-state index contributed by atoms with van der Waals surface area (Å²) in [7, 11) is -3.08. The van der Waals surface area contributed by atoms with Gasteiger partial charge in [-0.05, 0) is 34.0 Å². The predicted octanol–water partition coefficient (Wildman–Crippen LogP) is 1.12. The lowest BCUT2D eigenvalue weighted by Gasteiger charge is -2.19. The van der Waals surface area contributed by atoms with Crippen LogP contribution in [0.3, 0.4) is 0 Å². The number of rotatable bonds is 7. The Hall–Kier alpha value is -0.430. The smallest absolute Gasteiger partial charge is 0.191 e. The number of nitrogens with one attached hydrogen (secondary N) is 2. The molecule has 0 rings (SSSR count). The van der Waals surface area contributed by atoms with Crippen molar-refractivity contribution in [3.05, 3.63) is 0 Å². The van der Waals surface area contributed by atoms with Crippen LogP contribution in [0.2, 0.25) is 0 Å². The molecular weight excluding hydrogens is 282 g/mol. The van der Waals surface area contributed by atoms with Crippen LogP contribution in [0.15, 0.2) is 4.99 Å². The molecule has 0 fully saturated rings. The van der Waals surface area contributed by atoms with E-state index in [-0.39, 0.29) is 5.75 Å². The second-order valence-electron chi connectivity index (χ2n) is 5.11. The van der Waals surface area contributed by atoms with Crippen molar-refractivity contribution >= 4 is 27.6 Å². The van der Waals surface area contributed by atoms with Gasteiger partial charge in [-0.2, -0.15) is 11.8 Å². The van der Waals surface area contributed by atoms with Gasteiger partial charge in [0.15, 0.2) is 15.8 Å². The summed E-state index contributed by atoms with van der Waals surface area (Å²) in [5, 5.41) is 6.16. The maximum absolute atomic E-state index is 11.9. The van der Waals surface area contributed by atoms with Gasteiger partial charge in [0.05, 0.1) is 17.0 Å². The van der Waals surface area contributed by atoms with Crippen molar-refractivity contribution in [2.45, 2.75) is 32.4 Å². The molecule has 0 radical (unpaired) electrons. The van der Waals surface area contributed by atoms with Crippen molar-refractivity contribution < 1.29 is 8.42 Å². The third kappa shape index (κ3) is 7.67. The average molecular weight is 310 g/mol. The minimum absolute atomic E-state index is 0.115. The highest BCUT2D eigenvalue weighted by Crippen LogP contribution is 2.15. The zero-order valence-corrected chi connectivity index (χ0v) is 14.2. The fourth-order valence-corrected chi connectivity index (χ4v) is 2.46. The van der Waals surface area contributed by atoms with Gasteiger partial charge in [-0.3, -0.25) is 4.99 Å². The topological polar surface area (TPSA) is 70.6 Å². The summed E-state index contributed by atoms with van der Waals surface area (Å²) >= 11 is 1.73. The summed E-state index contributed by atoms with van der Waals surface area (Å²) in [5.41, 5.74) is 0. The molecular formula is C12H27N3O2S2. The number of aliphatic imine (C=N–C) groups is 1. The standard InChI is InChI=1S/C12H27N3O2S2/c1-6-13-11(14-7-9-18-5)15-8-10-19(16,17)12(2,3)4/h6-10H2,1-5H3,(H2,13,14,15). The summed E-state index contributed by atoms with van der Waals surface area (Å²) in [6, 6.07) is 0. The Morgan fingerprint density at radius 3 is 2.37 bits per heavy atom. The Bertz CT molecular complexity index is 373. The number of sulfone groups is 1. The predicted molar refractivity (Wildman–Crippen MR) is 85.9 cm³/mol. The highest BCUT2D eigenvalue weighted by molar-refractivity contribution is 7.98. The number of thioether (sulfide) groups is 1. The number of nitrogens with zero attached hydrogens (tertiary/aromatic N) is 1. The minimum Gasteiger partial charge on any atom is -0.357 e. The molecule has 0 aliphatic heterocycles. The van der Waals surface area contributed by atoms with Gasteiger partial charge in [0, 0.05) is 18.8 Å². The minimum atomic E-state index is -3.08. The number of hydrogen-bond acceptors (Lipinski definition) is 4. The average Bonchev–Trinajstić information content (AvgIpc) is 2.27. The third-order valence-electron chi connectivity index (χ3n) is 2.51. The van der Waals surface area contributed by atoms with Crippen LogP contribution < -0.4 is 10.6 Å². The van der Waals surface area contributed by atoms with Gasteiger partial charge >= 0.3 is 0 Å². The van der Waals surface area contributed by atoms with Crippen LogP contribution in [0.1, 0.15) is 27.7 Å². The molecule has 0 spiro atoms. The van der Waals surface area contributed by atoms with Crippen molar-refractivity contribution in [1.82, 2.24) is 10.6 Å². The summed E-state index contributed by atoms with van der Waals surface area (Å²) in [6.45, 7) is 9.02. The fraction of sp³-hybridized carbons (Fsp3) is 0.917. The van der Waals surface area contributed by atoms with Gasteiger partial charge in [-0.25, -0.2) is 8.42 Å². The lowest BCUT2D eigenvalue weighted by atomic mass is 10.3. The van der Waals surface area contributed by atoms with Crippen molar-refractivity contribution in [3.63, 3.8) is 0 Å². The van der Waals surface area contributed by atoms with Crippen LogP contribution in [0.4, 0.5) is 0 Å². The molecule has 0 amide bonds. The van der Waals surface area contributed by atoms with Crippen LogP contribution in [0.25, 0.3) is 0 Å². The van der Waals surface area contributed by atoms with Crippen LogP contribution in [0, 0.1) is 0 Å². The van der Waals surface area contributed by atoms with Gasteiger partial charge in [0.1, 0.15) is 0 Å². The summed E-state index contributed by atoms with van der Waals surface area (Å²) in [4.78, 5) is 4.36. The molecule has 0 aliphatic rings. The molecule has 0 aromatic heterocycles. The normalized spacial score (nSPS) is 13.4. The highest BCUT2D eigenvalue weighted by atomic mass is 32.2. The van der Waals surface area contributed by atoms with E-state index in [9.17, 15) is 8.42 Å². The maximum atomic E-state index is 11.9. The lowest BCUT2D eigenvalue weighted by molar-refractivity contribution is 0.559. The highest BCUT2D eigenvalue weighted by Gasteiger charge is 2.28. The fourth-order valence-electron chi connectivity index (χ4n) is 1.20. The van der Waals surface area contributed by atoms with E-state index in [4.69, 9.17) is 0 Å². The lowest BCUT2D eigenvalue weighted by Crippen LogP contribution is -2.42. The Labute approximate surface area is 121 Å². The number of guanidine groups is 1. The first-order valence-electron chi connectivity index (χ1n) is 6.48. The Balaban J connectivity index is 4.31. The molecule has 0 unspecified atom stereocenters. The van der Waals surface area contributed by atoms with Gasteiger partial charge in [0.25, 0.3) is 0 Å². The van der Waals surface area contributed by atoms with Gasteiger partial charge < -0.3 is 10.6 Å². The van der Waals surface area contributed by atoms with E-state index in [0.717, 1.165) is 18.8 Å². The Morgan fingerprint density at radius 1 is 1.26 bits per heavy atom. The molecule has 5 nitrogen and oxygen atoms in total. The molecule has 0 saturated heterocycles. The van der Waals surface area contributed by atoms with Crippen molar-refractivity contribution in [2.75, 3.05) is 37.4 Å². The number of hydrogen-bond donors (Lipinski definition) is 2. The molecule has 0 aliphatic carbocycles. The molecule has 114 valence electrons. The van der Waals surface area contributed by atoms with E-state index in [1.807, 2.05) is 13.2 Å². The Morgan fingerprint density at radius 2 is 1.89 bits per heavy atom. The monoisotopic (exact) mass is 309 g/mol. The quantitative estimate of drug-likeness (QED) is 0.419. The Kier molecular flexibility index (Phi) is 8.49. The van der Waals surface area contributed by atoms with Gasteiger partial charge in [-0.15, -0.1) is 0 Å². The van der Waals surface area contributed by atoms with E-state index >= 15 is 0 Å². The molecule has 7 heteroatoms. The molecule has 0 aromatic carbocycles. The molecule has 0 aromatic rings. The first-order valence-corrected chi connectivity index (χ1v) is 9.52. The second kappa shape index (κ2) is 8.68. The first kappa shape index (κ1) is 18.6. The summed E-state index contributed by atoms with van der Waals surface area (Å²) in [5.74, 6) is 1.75. The van der Waals surface area contributed by atoms with Crippen LogP contribution in [-0.4, -0.2) is 56.5 Å². The molecule has 0 heterocycles. The van der Waals surface area contributed by atoms with Crippen LogP contribution in [-0.2, 0) is 9.84 Å².